The topological polar surface area (TPSA) is 44.1 Å². The van der Waals surface area contributed by atoms with E-state index in [1.54, 1.807) is 19.4 Å². The van der Waals surface area contributed by atoms with E-state index in [-0.39, 0.29) is 5.97 Å². The number of hydrogen-bond acceptors (Lipinski definition) is 3. The molecule has 0 spiro atoms. The summed E-state index contributed by atoms with van der Waals surface area (Å²) in [5.74, 6) is 0.177. The second-order valence-electron chi connectivity index (χ2n) is 4.78. The number of benzene rings is 1. The van der Waals surface area contributed by atoms with Crippen LogP contribution < -0.4 is 0 Å². The number of ether oxygens (including phenoxy) is 1. The van der Waals surface area contributed by atoms with Crippen LogP contribution in [-0.2, 0) is 17.7 Å². The third-order valence-electron chi connectivity index (χ3n) is 3.51. The van der Waals surface area contributed by atoms with E-state index in [4.69, 9.17) is 4.74 Å². The number of hydrogen-bond donors (Lipinski definition) is 0. The Balaban J connectivity index is 1.68. The van der Waals surface area contributed by atoms with Crippen LogP contribution in [0.4, 0.5) is 0 Å². The van der Waals surface area contributed by atoms with Crippen molar-refractivity contribution in [1.29, 1.82) is 0 Å². The first-order chi connectivity index (χ1) is 9.28. The fraction of sp³-hybridized carbons (Fsp3) is 0.333. The van der Waals surface area contributed by atoms with Crippen molar-refractivity contribution in [2.24, 2.45) is 0 Å². The number of carbonyl (C=O) groups excluding carboxylic acids is 1. The van der Waals surface area contributed by atoms with Gasteiger partial charge < -0.3 is 9.30 Å². The summed E-state index contributed by atoms with van der Waals surface area (Å²) in [5, 5.41) is 0. The van der Waals surface area contributed by atoms with Gasteiger partial charge in [-0.3, -0.25) is 0 Å². The van der Waals surface area contributed by atoms with E-state index >= 15 is 0 Å². The number of fused-ring (bicyclic) bond motifs is 1. The van der Waals surface area contributed by atoms with Crippen LogP contribution in [0.2, 0.25) is 0 Å². The molecule has 0 saturated carbocycles. The lowest BCUT2D eigenvalue weighted by Crippen LogP contribution is -2.21. The van der Waals surface area contributed by atoms with E-state index in [0.29, 0.717) is 18.2 Å². The van der Waals surface area contributed by atoms with Gasteiger partial charge >= 0.3 is 5.97 Å². The summed E-state index contributed by atoms with van der Waals surface area (Å²) >= 11 is 0. The molecule has 19 heavy (non-hydrogen) atoms. The van der Waals surface area contributed by atoms with Gasteiger partial charge in [0.05, 0.1) is 12.9 Å². The zero-order valence-electron chi connectivity index (χ0n) is 10.9. The molecule has 1 aliphatic rings. The minimum atomic E-state index is -0.352. The lowest BCUT2D eigenvalue weighted by atomic mass is 9.77. The van der Waals surface area contributed by atoms with Crippen molar-refractivity contribution in [1.82, 2.24) is 9.55 Å². The van der Waals surface area contributed by atoms with Crippen LogP contribution >= 0.6 is 0 Å². The average Bonchev–Trinajstić information content (AvgIpc) is 2.85. The third kappa shape index (κ3) is 2.26. The first-order valence-electron chi connectivity index (χ1n) is 6.54. The smallest absolute Gasteiger partial charge is 0.358 e. The van der Waals surface area contributed by atoms with Gasteiger partial charge in [-0.15, -0.1) is 0 Å². The zero-order chi connectivity index (χ0) is 13.2. The maximum absolute atomic E-state index is 11.5. The highest BCUT2D eigenvalue weighted by Gasteiger charge is 2.25. The summed E-state index contributed by atoms with van der Waals surface area (Å²) in [6.45, 7) is 3.03. The molecule has 1 aromatic heterocycles. The van der Waals surface area contributed by atoms with E-state index in [1.165, 1.54) is 11.1 Å². The van der Waals surface area contributed by atoms with E-state index in [0.717, 1.165) is 13.0 Å². The van der Waals surface area contributed by atoms with E-state index < -0.39 is 0 Å². The Kier molecular flexibility index (Phi) is 3.07. The fourth-order valence-corrected chi connectivity index (χ4v) is 2.55. The Morgan fingerprint density at radius 2 is 2.32 bits per heavy atom. The van der Waals surface area contributed by atoms with Crippen LogP contribution in [0.5, 0.6) is 0 Å². The molecule has 0 fully saturated rings. The zero-order valence-corrected chi connectivity index (χ0v) is 10.9. The highest BCUT2D eigenvalue weighted by molar-refractivity contribution is 5.86. The maximum atomic E-state index is 11.5. The summed E-state index contributed by atoms with van der Waals surface area (Å²) < 4.78 is 6.89. The van der Waals surface area contributed by atoms with Crippen LogP contribution in [0.25, 0.3) is 0 Å². The Labute approximate surface area is 112 Å². The molecule has 1 unspecified atom stereocenters. The minimum Gasteiger partial charge on any atom is -0.461 e. The first-order valence-corrected chi connectivity index (χ1v) is 6.54. The lowest BCUT2D eigenvalue weighted by molar-refractivity contribution is 0.0520. The average molecular weight is 256 g/mol. The number of imidazole rings is 1. The molecular formula is C15H16N2O2. The molecule has 0 bridgehead atoms. The van der Waals surface area contributed by atoms with Crippen molar-refractivity contribution < 1.29 is 9.53 Å². The molecule has 0 aliphatic heterocycles. The van der Waals surface area contributed by atoms with Gasteiger partial charge in [0.1, 0.15) is 0 Å². The quantitative estimate of drug-likeness (QED) is 0.789. The van der Waals surface area contributed by atoms with E-state index in [2.05, 4.69) is 29.2 Å². The third-order valence-corrected chi connectivity index (χ3v) is 3.51. The molecule has 0 N–H and O–H groups in total. The summed E-state index contributed by atoms with van der Waals surface area (Å²) in [5.41, 5.74) is 3.22. The molecule has 1 aliphatic carbocycles. The summed E-state index contributed by atoms with van der Waals surface area (Å²) in [4.78, 5) is 15.6. The standard InChI is InChI=1S/C15H16N2O2/c1-2-19-15(18)14-9-17(10-16-14)8-12-7-11-5-3-4-6-13(11)12/h3-6,9-10,12H,2,7-8H2,1H3. The predicted molar refractivity (Wildman–Crippen MR) is 71.1 cm³/mol. The van der Waals surface area contributed by atoms with E-state index in [9.17, 15) is 4.79 Å². The summed E-state index contributed by atoms with van der Waals surface area (Å²) in [6.07, 6.45) is 4.56. The van der Waals surface area contributed by atoms with Gasteiger partial charge in [-0.05, 0) is 24.5 Å². The Bertz CT molecular complexity index is 604. The van der Waals surface area contributed by atoms with Crippen LogP contribution in [-0.4, -0.2) is 22.1 Å². The number of aromatic nitrogens is 2. The minimum absolute atomic E-state index is 0.352. The molecule has 98 valence electrons. The molecule has 0 radical (unpaired) electrons. The number of nitrogens with zero attached hydrogens (tertiary/aromatic N) is 2. The molecule has 1 atom stereocenters. The first kappa shape index (κ1) is 12.0. The van der Waals surface area contributed by atoms with Crippen molar-refractivity contribution in [3.8, 4) is 0 Å². The van der Waals surface area contributed by atoms with E-state index in [1.807, 2.05) is 4.57 Å². The molecular weight excluding hydrogens is 240 g/mol. The summed E-state index contributed by atoms with van der Waals surface area (Å²) in [7, 11) is 0. The predicted octanol–water partition coefficient (Wildman–Crippen LogP) is 2.40. The van der Waals surface area contributed by atoms with Crippen molar-refractivity contribution in [2.75, 3.05) is 6.61 Å². The molecule has 1 aromatic carbocycles. The second kappa shape index (κ2) is 4.88. The summed E-state index contributed by atoms with van der Waals surface area (Å²) in [6, 6.07) is 8.49. The van der Waals surface area contributed by atoms with Crippen LogP contribution in [0.15, 0.2) is 36.8 Å². The van der Waals surface area contributed by atoms with Gasteiger partial charge in [-0.2, -0.15) is 0 Å². The van der Waals surface area contributed by atoms with Crippen molar-refractivity contribution in [3.05, 3.63) is 53.6 Å². The molecule has 1 heterocycles. The molecule has 2 aromatic rings. The SMILES string of the molecule is CCOC(=O)c1cn(CC2Cc3ccccc32)cn1. The largest absolute Gasteiger partial charge is 0.461 e. The van der Waals surface area contributed by atoms with Gasteiger partial charge in [-0.25, -0.2) is 9.78 Å². The van der Waals surface area contributed by atoms with Gasteiger partial charge in [0, 0.05) is 18.7 Å². The highest BCUT2D eigenvalue weighted by Crippen LogP contribution is 2.35. The molecule has 3 rings (SSSR count). The Morgan fingerprint density at radius 3 is 3.11 bits per heavy atom. The molecule has 0 amide bonds. The highest BCUT2D eigenvalue weighted by atomic mass is 16.5. The van der Waals surface area contributed by atoms with Crippen molar-refractivity contribution >= 4 is 5.97 Å². The van der Waals surface area contributed by atoms with Gasteiger partial charge in [0.25, 0.3) is 0 Å². The van der Waals surface area contributed by atoms with Crippen LogP contribution in [0.3, 0.4) is 0 Å². The van der Waals surface area contributed by atoms with Gasteiger partial charge in [-0.1, -0.05) is 24.3 Å². The second-order valence-corrected chi connectivity index (χ2v) is 4.78. The lowest BCUT2D eigenvalue weighted by Gasteiger charge is -2.30. The van der Waals surface area contributed by atoms with Crippen molar-refractivity contribution in [2.45, 2.75) is 25.8 Å². The monoisotopic (exact) mass is 256 g/mol. The number of rotatable bonds is 4. The molecule has 4 nitrogen and oxygen atoms in total. The van der Waals surface area contributed by atoms with Crippen molar-refractivity contribution in [3.63, 3.8) is 0 Å². The maximum Gasteiger partial charge on any atom is 0.358 e. The Hall–Kier alpha value is -2.10. The molecule has 0 saturated heterocycles. The van der Waals surface area contributed by atoms with Crippen LogP contribution in [0.1, 0.15) is 34.5 Å². The fourth-order valence-electron chi connectivity index (χ4n) is 2.55. The van der Waals surface area contributed by atoms with Gasteiger partial charge in [0.15, 0.2) is 5.69 Å². The normalized spacial score (nSPS) is 16.6. The van der Waals surface area contributed by atoms with Crippen LogP contribution in [0, 0.1) is 0 Å². The molecule has 4 heteroatoms. The number of esters is 1. The van der Waals surface area contributed by atoms with Gasteiger partial charge in [0.2, 0.25) is 0 Å². The Morgan fingerprint density at radius 1 is 1.47 bits per heavy atom. The number of carbonyl (C=O) groups is 1.